The van der Waals surface area contributed by atoms with E-state index in [1.165, 1.54) is 18.9 Å². The summed E-state index contributed by atoms with van der Waals surface area (Å²) in [5.41, 5.74) is 3.18. The first-order chi connectivity index (χ1) is 8.74. The van der Waals surface area contributed by atoms with Crippen LogP contribution in [0.1, 0.15) is 0 Å². The molecule has 0 aliphatic carbocycles. The number of methoxy groups -OCH3 is 1. The number of benzene rings is 1. The third kappa shape index (κ3) is 2.69. The van der Waals surface area contributed by atoms with E-state index in [2.05, 4.69) is 20.1 Å². The fourth-order valence-corrected chi connectivity index (χ4v) is 2.26. The third-order valence-electron chi connectivity index (χ3n) is 2.25. The van der Waals surface area contributed by atoms with Gasteiger partial charge in [-0.1, -0.05) is 30.0 Å². The summed E-state index contributed by atoms with van der Waals surface area (Å²) in [6.07, 6.45) is 0. The van der Waals surface area contributed by atoms with Crippen molar-refractivity contribution in [2.75, 3.05) is 18.3 Å². The quantitative estimate of drug-likeness (QED) is 0.282. The first-order valence-corrected chi connectivity index (χ1v) is 6.16. The van der Waals surface area contributed by atoms with Gasteiger partial charge in [0.2, 0.25) is 5.95 Å². The Labute approximate surface area is 108 Å². The number of aromatic nitrogens is 2. The van der Waals surface area contributed by atoms with Crippen molar-refractivity contribution in [3.8, 4) is 0 Å². The van der Waals surface area contributed by atoms with Crippen LogP contribution in [0.5, 0.6) is 0 Å². The summed E-state index contributed by atoms with van der Waals surface area (Å²) < 4.78 is 4.60. The van der Waals surface area contributed by atoms with Crippen molar-refractivity contribution in [3.05, 3.63) is 24.3 Å². The number of nitrogens with one attached hydrogen (secondary N) is 1. The number of hydrogen-bond donors (Lipinski definition) is 2. The van der Waals surface area contributed by atoms with Crippen LogP contribution in [0.4, 0.5) is 5.95 Å². The average molecular weight is 264 g/mol. The Morgan fingerprint density at radius 1 is 1.44 bits per heavy atom. The zero-order valence-corrected chi connectivity index (χ0v) is 10.5. The highest BCUT2D eigenvalue weighted by molar-refractivity contribution is 8.00. The summed E-state index contributed by atoms with van der Waals surface area (Å²) in [6.45, 7) is 0. The smallest absolute Gasteiger partial charge is 0.316 e. The number of thioether (sulfide) groups is 1. The van der Waals surface area contributed by atoms with E-state index in [-0.39, 0.29) is 11.7 Å². The molecule has 0 aliphatic rings. The van der Waals surface area contributed by atoms with Crippen LogP contribution in [0.25, 0.3) is 10.9 Å². The molecule has 0 atom stereocenters. The largest absolute Gasteiger partial charge is 0.468 e. The van der Waals surface area contributed by atoms with Gasteiger partial charge < -0.3 is 4.74 Å². The van der Waals surface area contributed by atoms with E-state index in [1.54, 1.807) is 0 Å². The van der Waals surface area contributed by atoms with Gasteiger partial charge in [0.15, 0.2) is 0 Å². The lowest BCUT2D eigenvalue weighted by molar-refractivity contribution is -0.137. The molecule has 6 nitrogen and oxygen atoms in total. The predicted octanol–water partition coefficient (Wildman–Crippen LogP) is 1.18. The zero-order chi connectivity index (χ0) is 13.0. The number of carbonyl (C=O) groups excluding carboxylic acids is 1. The number of nitrogens with two attached hydrogens (primary N) is 1. The second kappa shape index (κ2) is 5.65. The first kappa shape index (κ1) is 12.6. The van der Waals surface area contributed by atoms with Gasteiger partial charge in [0.05, 0.1) is 18.4 Å². The van der Waals surface area contributed by atoms with E-state index in [9.17, 15) is 4.79 Å². The Bertz CT molecular complexity index is 576. The van der Waals surface area contributed by atoms with Gasteiger partial charge >= 0.3 is 5.97 Å². The molecule has 7 heteroatoms. The maximum absolute atomic E-state index is 11.1. The third-order valence-corrected chi connectivity index (χ3v) is 3.22. The van der Waals surface area contributed by atoms with Gasteiger partial charge in [-0.2, -0.15) is 0 Å². The molecule has 0 spiro atoms. The minimum atomic E-state index is -0.301. The van der Waals surface area contributed by atoms with Crippen molar-refractivity contribution in [1.29, 1.82) is 0 Å². The summed E-state index contributed by atoms with van der Waals surface area (Å²) in [5, 5.41) is 1.57. The number of carbonyl (C=O) groups is 1. The molecule has 0 amide bonds. The number of hydrogen-bond acceptors (Lipinski definition) is 7. The van der Waals surface area contributed by atoms with Crippen LogP contribution in [-0.4, -0.2) is 28.8 Å². The highest BCUT2D eigenvalue weighted by atomic mass is 32.2. The molecule has 0 fully saturated rings. The molecule has 94 valence electrons. The number of fused-ring (bicyclic) bond motifs is 1. The van der Waals surface area contributed by atoms with E-state index >= 15 is 0 Å². The lowest BCUT2D eigenvalue weighted by atomic mass is 10.2. The second-order valence-electron chi connectivity index (χ2n) is 3.38. The van der Waals surface area contributed by atoms with Gasteiger partial charge in [0.1, 0.15) is 5.03 Å². The molecule has 0 radical (unpaired) electrons. The van der Waals surface area contributed by atoms with Crippen molar-refractivity contribution in [2.45, 2.75) is 5.03 Å². The lowest BCUT2D eigenvalue weighted by Gasteiger charge is -2.07. The monoisotopic (exact) mass is 264 g/mol. The fraction of sp³-hybridized carbons (Fsp3) is 0.182. The minimum absolute atomic E-state index is 0.196. The second-order valence-corrected chi connectivity index (χ2v) is 4.34. The van der Waals surface area contributed by atoms with E-state index in [0.29, 0.717) is 11.0 Å². The van der Waals surface area contributed by atoms with Crippen molar-refractivity contribution in [1.82, 2.24) is 9.97 Å². The topological polar surface area (TPSA) is 90.1 Å². The summed E-state index contributed by atoms with van der Waals surface area (Å²) in [7, 11) is 1.36. The number of ether oxygens (including phenoxy) is 1. The molecule has 0 aliphatic heterocycles. The van der Waals surface area contributed by atoms with Crippen molar-refractivity contribution >= 4 is 34.6 Å². The molecule has 2 aromatic rings. The van der Waals surface area contributed by atoms with Gasteiger partial charge in [0, 0.05) is 5.39 Å². The highest BCUT2D eigenvalue weighted by Crippen LogP contribution is 2.26. The summed E-state index contributed by atoms with van der Waals surface area (Å²) in [4.78, 5) is 19.6. The number of rotatable bonds is 4. The van der Waals surface area contributed by atoms with Gasteiger partial charge in [-0.3, -0.25) is 10.2 Å². The number of hydrazine groups is 1. The minimum Gasteiger partial charge on any atom is -0.468 e. The van der Waals surface area contributed by atoms with E-state index in [1.807, 2.05) is 24.3 Å². The van der Waals surface area contributed by atoms with Gasteiger partial charge in [-0.15, -0.1) is 0 Å². The summed E-state index contributed by atoms with van der Waals surface area (Å²) >= 11 is 1.29. The highest BCUT2D eigenvalue weighted by Gasteiger charge is 2.09. The van der Waals surface area contributed by atoms with E-state index < -0.39 is 0 Å². The predicted molar refractivity (Wildman–Crippen MR) is 70.1 cm³/mol. The van der Waals surface area contributed by atoms with Gasteiger partial charge in [-0.25, -0.2) is 15.8 Å². The number of nitrogens with zero attached hydrogens (tertiary/aromatic N) is 2. The Kier molecular flexibility index (Phi) is 3.96. The SMILES string of the molecule is COC(=O)CSc1nc(NN)nc2ccccc12. The van der Waals surface area contributed by atoms with Crippen LogP contribution in [-0.2, 0) is 9.53 Å². The van der Waals surface area contributed by atoms with Crippen LogP contribution in [0.15, 0.2) is 29.3 Å². The van der Waals surface area contributed by atoms with Crippen LogP contribution in [0.3, 0.4) is 0 Å². The van der Waals surface area contributed by atoms with E-state index in [0.717, 1.165) is 10.9 Å². The molecule has 2 rings (SSSR count). The maximum atomic E-state index is 11.1. The summed E-state index contributed by atoms with van der Waals surface area (Å²) in [5.74, 6) is 5.53. The van der Waals surface area contributed by atoms with Crippen LogP contribution in [0.2, 0.25) is 0 Å². The molecule has 0 bridgehead atoms. The van der Waals surface area contributed by atoms with Crippen molar-refractivity contribution < 1.29 is 9.53 Å². The van der Waals surface area contributed by atoms with Crippen LogP contribution < -0.4 is 11.3 Å². The Balaban J connectivity index is 2.37. The zero-order valence-electron chi connectivity index (χ0n) is 9.71. The molecule has 18 heavy (non-hydrogen) atoms. The molecule has 0 unspecified atom stereocenters. The van der Waals surface area contributed by atoms with Crippen molar-refractivity contribution in [2.24, 2.45) is 5.84 Å². The fourth-order valence-electron chi connectivity index (χ4n) is 1.41. The number of para-hydroxylation sites is 1. The normalized spacial score (nSPS) is 10.3. The standard InChI is InChI=1S/C11H12N4O2S/c1-17-9(16)6-18-10-7-4-2-3-5-8(7)13-11(14-10)15-12/h2-5H,6,12H2,1H3,(H,13,14,15). The molecule has 1 heterocycles. The number of esters is 1. The molecule has 3 N–H and O–H groups in total. The van der Waals surface area contributed by atoms with Gasteiger partial charge in [-0.05, 0) is 6.07 Å². The van der Waals surface area contributed by atoms with Crippen LogP contribution in [0, 0.1) is 0 Å². The van der Waals surface area contributed by atoms with Crippen molar-refractivity contribution in [3.63, 3.8) is 0 Å². The summed E-state index contributed by atoms with van der Waals surface area (Å²) in [6, 6.07) is 7.53. The number of anilines is 1. The molecule has 0 saturated heterocycles. The molecule has 1 aromatic carbocycles. The maximum Gasteiger partial charge on any atom is 0.316 e. The Hall–Kier alpha value is -1.86. The molecule has 0 saturated carbocycles. The first-order valence-electron chi connectivity index (χ1n) is 5.17. The Morgan fingerprint density at radius 3 is 2.94 bits per heavy atom. The van der Waals surface area contributed by atoms with Gasteiger partial charge in [0.25, 0.3) is 0 Å². The molecule has 1 aromatic heterocycles. The molecular formula is C11H12N4O2S. The Morgan fingerprint density at radius 2 is 2.22 bits per heavy atom. The number of nitrogen functional groups attached to an aromatic ring is 1. The average Bonchev–Trinajstić information content (AvgIpc) is 2.43. The van der Waals surface area contributed by atoms with E-state index in [4.69, 9.17) is 5.84 Å². The van der Waals surface area contributed by atoms with Crippen LogP contribution >= 0.6 is 11.8 Å². The molecular weight excluding hydrogens is 252 g/mol. The lowest BCUT2D eigenvalue weighted by Crippen LogP contribution is -2.11.